The van der Waals surface area contributed by atoms with Crippen LogP contribution in [0.25, 0.3) is 6.08 Å². The number of anilines is 1. The summed E-state index contributed by atoms with van der Waals surface area (Å²) in [5, 5.41) is 12.2. The van der Waals surface area contributed by atoms with Gasteiger partial charge >= 0.3 is 0 Å². The molecule has 1 amide bonds. The smallest absolute Gasteiger partial charge is 0.266 e. The van der Waals surface area contributed by atoms with Crippen LogP contribution in [0.4, 0.5) is 5.69 Å². The number of hydrogen-bond acceptors (Lipinski definition) is 5. The van der Waals surface area contributed by atoms with Crippen LogP contribution >= 0.6 is 0 Å². The zero-order chi connectivity index (χ0) is 21.1. The summed E-state index contributed by atoms with van der Waals surface area (Å²) in [6, 6.07) is 14.1. The van der Waals surface area contributed by atoms with Gasteiger partial charge in [0.25, 0.3) is 5.91 Å². The summed E-state index contributed by atoms with van der Waals surface area (Å²) >= 11 is 0. The van der Waals surface area contributed by atoms with Crippen molar-refractivity contribution in [2.75, 3.05) is 25.1 Å². The molecule has 148 valence electrons. The topological polar surface area (TPSA) is 80.6 Å². The molecule has 0 aliphatic carbocycles. The largest absolute Gasteiger partial charge is 0.492 e. The number of rotatable bonds is 9. The van der Waals surface area contributed by atoms with Gasteiger partial charge in [0, 0.05) is 0 Å². The molecule has 6 nitrogen and oxygen atoms in total. The molecule has 0 atom stereocenters. The van der Waals surface area contributed by atoms with Gasteiger partial charge < -0.3 is 19.5 Å². The third-order valence-corrected chi connectivity index (χ3v) is 3.69. The molecular weight excluding hydrogens is 368 g/mol. The first-order valence-corrected chi connectivity index (χ1v) is 9.11. The highest BCUT2D eigenvalue weighted by Gasteiger charge is 2.13. The van der Waals surface area contributed by atoms with Crippen LogP contribution in [0.2, 0.25) is 0 Å². The molecule has 2 aromatic rings. The summed E-state index contributed by atoms with van der Waals surface area (Å²) in [6.07, 6.45) is 6.70. The number of nitrogens with zero attached hydrogens (tertiary/aromatic N) is 1. The minimum absolute atomic E-state index is 0.0592. The molecule has 0 aliphatic heterocycles. The Morgan fingerprint density at radius 2 is 1.79 bits per heavy atom. The Hall–Kier alpha value is -3.90. The minimum atomic E-state index is -0.537. The molecule has 0 aromatic heterocycles. The van der Waals surface area contributed by atoms with Gasteiger partial charge in [-0.15, -0.1) is 6.42 Å². The Morgan fingerprint density at radius 3 is 2.48 bits per heavy atom. The van der Waals surface area contributed by atoms with Crippen molar-refractivity contribution in [1.29, 1.82) is 5.26 Å². The number of benzene rings is 2. The Labute approximate surface area is 170 Å². The van der Waals surface area contributed by atoms with Gasteiger partial charge in [-0.2, -0.15) is 5.26 Å². The monoisotopic (exact) mass is 390 g/mol. The molecule has 0 radical (unpaired) electrons. The summed E-state index contributed by atoms with van der Waals surface area (Å²) in [5.74, 6) is 3.37. The molecule has 0 heterocycles. The highest BCUT2D eigenvalue weighted by Crippen LogP contribution is 2.30. The summed E-state index contributed by atoms with van der Waals surface area (Å²) < 4.78 is 16.5. The second-order valence-corrected chi connectivity index (χ2v) is 5.69. The van der Waals surface area contributed by atoms with Crippen molar-refractivity contribution in [3.05, 3.63) is 53.6 Å². The molecule has 0 saturated carbocycles. The first-order valence-electron chi connectivity index (χ1n) is 9.11. The molecule has 1 N–H and O–H groups in total. The number of para-hydroxylation sites is 2. The maximum atomic E-state index is 12.6. The number of ether oxygens (including phenoxy) is 3. The molecular formula is C23H22N2O4. The van der Waals surface area contributed by atoms with E-state index in [1.54, 1.807) is 42.5 Å². The maximum Gasteiger partial charge on any atom is 0.266 e. The lowest BCUT2D eigenvalue weighted by atomic mass is 10.1. The Morgan fingerprint density at radius 1 is 1.07 bits per heavy atom. The molecule has 0 bridgehead atoms. The van der Waals surface area contributed by atoms with Crippen molar-refractivity contribution in [2.24, 2.45) is 0 Å². The number of nitriles is 1. The highest BCUT2D eigenvalue weighted by atomic mass is 16.5. The van der Waals surface area contributed by atoms with Gasteiger partial charge in [0.2, 0.25) is 0 Å². The second kappa shape index (κ2) is 11.1. The molecule has 0 unspecified atom stereocenters. The van der Waals surface area contributed by atoms with E-state index in [2.05, 4.69) is 11.2 Å². The number of hydrogen-bond donors (Lipinski definition) is 1. The van der Waals surface area contributed by atoms with Crippen LogP contribution in [0.5, 0.6) is 17.2 Å². The molecule has 0 spiro atoms. The average molecular weight is 390 g/mol. The average Bonchev–Trinajstić information content (AvgIpc) is 2.73. The summed E-state index contributed by atoms with van der Waals surface area (Å²) in [5.41, 5.74) is 1.05. The molecule has 2 rings (SSSR count). The van der Waals surface area contributed by atoms with Gasteiger partial charge in [-0.05, 0) is 49.8 Å². The summed E-state index contributed by atoms with van der Waals surface area (Å²) in [6.45, 7) is 4.70. The van der Waals surface area contributed by atoms with Crippen molar-refractivity contribution in [1.82, 2.24) is 0 Å². The number of terminal acetylenes is 1. The van der Waals surface area contributed by atoms with Crippen LogP contribution in [-0.2, 0) is 4.79 Å². The number of carbonyl (C=O) groups is 1. The number of nitrogens with one attached hydrogen (secondary N) is 1. The van der Waals surface area contributed by atoms with E-state index < -0.39 is 5.91 Å². The van der Waals surface area contributed by atoms with Crippen LogP contribution in [0.1, 0.15) is 19.4 Å². The molecule has 0 aliphatic rings. The van der Waals surface area contributed by atoms with Gasteiger partial charge in [0.1, 0.15) is 24.0 Å². The molecule has 2 aromatic carbocycles. The van der Waals surface area contributed by atoms with Crippen molar-refractivity contribution in [2.45, 2.75) is 13.8 Å². The van der Waals surface area contributed by atoms with Crippen LogP contribution in [0, 0.1) is 23.7 Å². The van der Waals surface area contributed by atoms with Crippen LogP contribution < -0.4 is 19.5 Å². The number of carbonyl (C=O) groups excluding carboxylic acids is 1. The third-order valence-electron chi connectivity index (χ3n) is 3.69. The third kappa shape index (κ3) is 6.05. The maximum absolute atomic E-state index is 12.6. The van der Waals surface area contributed by atoms with E-state index in [0.717, 1.165) is 0 Å². The Kier molecular flexibility index (Phi) is 8.16. The van der Waals surface area contributed by atoms with E-state index >= 15 is 0 Å². The van der Waals surface area contributed by atoms with Crippen LogP contribution in [-0.4, -0.2) is 25.7 Å². The first-order chi connectivity index (χ1) is 14.1. The van der Waals surface area contributed by atoms with Crippen molar-refractivity contribution < 1.29 is 19.0 Å². The molecule has 29 heavy (non-hydrogen) atoms. The zero-order valence-electron chi connectivity index (χ0n) is 16.4. The molecule has 0 fully saturated rings. The van der Waals surface area contributed by atoms with E-state index in [9.17, 15) is 10.1 Å². The lowest BCUT2D eigenvalue weighted by Crippen LogP contribution is -2.14. The van der Waals surface area contributed by atoms with Crippen LogP contribution in [0.15, 0.2) is 48.0 Å². The highest BCUT2D eigenvalue weighted by molar-refractivity contribution is 6.10. The van der Waals surface area contributed by atoms with Gasteiger partial charge in [-0.3, -0.25) is 4.79 Å². The first kappa shape index (κ1) is 21.4. The van der Waals surface area contributed by atoms with E-state index in [-0.39, 0.29) is 12.2 Å². The number of amides is 1. The standard InChI is InChI=1S/C23H22N2O4/c1-4-13-29-21-12-11-17(15-22(21)28-6-3)14-18(16-24)23(26)25-19-9-7-8-10-20(19)27-5-2/h1,7-12,14-15H,5-6,13H2,2-3H3,(H,25,26)/b18-14+. The van der Waals surface area contributed by atoms with Crippen molar-refractivity contribution in [3.63, 3.8) is 0 Å². The summed E-state index contributed by atoms with van der Waals surface area (Å²) in [7, 11) is 0. The Bertz CT molecular complexity index is 968. The van der Waals surface area contributed by atoms with Gasteiger partial charge in [0.05, 0.1) is 18.9 Å². The van der Waals surface area contributed by atoms with Gasteiger partial charge in [0.15, 0.2) is 11.5 Å². The summed E-state index contributed by atoms with van der Waals surface area (Å²) in [4.78, 5) is 12.6. The minimum Gasteiger partial charge on any atom is -0.492 e. The van der Waals surface area contributed by atoms with Gasteiger partial charge in [-0.1, -0.05) is 24.1 Å². The van der Waals surface area contributed by atoms with Crippen molar-refractivity contribution >= 4 is 17.7 Å². The van der Waals surface area contributed by atoms with Gasteiger partial charge in [-0.25, -0.2) is 0 Å². The van der Waals surface area contributed by atoms with E-state index in [1.807, 2.05) is 19.9 Å². The lowest BCUT2D eigenvalue weighted by Gasteiger charge is -2.12. The van der Waals surface area contributed by atoms with E-state index in [4.69, 9.17) is 20.6 Å². The molecule has 6 heteroatoms. The SMILES string of the molecule is C#CCOc1ccc(/C=C(\C#N)C(=O)Nc2ccccc2OCC)cc1OCC. The fourth-order valence-electron chi connectivity index (χ4n) is 2.48. The Balaban J connectivity index is 2.27. The predicted molar refractivity (Wildman–Crippen MR) is 112 cm³/mol. The van der Waals surface area contributed by atoms with E-state index in [0.29, 0.717) is 41.7 Å². The fraction of sp³-hybridized carbons (Fsp3) is 0.217. The quantitative estimate of drug-likeness (QED) is 0.397. The normalized spacial score (nSPS) is 10.4. The lowest BCUT2D eigenvalue weighted by molar-refractivity contribution is -0.112. The zero-order valence-corrected chi connectivity index (χ0v) is 16.4. The second-order valence-electron chi connectivity index (χ2n) is 5.69. The van der Waals surface area contributed by atoms with Crippen molar-refractivity contribution in [3.8, 4) is 35.7 Å². The van der Waals surface area contributed by atoms with E-state index in [1.165, 1.54) is 6.08 Å². The predicted octanol–water partition coefficient (Wildman–Crippen LogP) is 4.04. The van der Waals surface area contributed by atoms with Crippen LogP contribution in [0.3, 0.4) is 0 Å². The molecule has 0 saturated heterocycles. The fourth-order valence-corrected chi connectivity index (χ4v) is 2.48.